The largest absolute Gasteiger partial charge is 0.481 e. The van der Waals surface area contributed by atoms with Crippen molar-refractivity contribution in [2.75, 3.05) is 0 Å². The van der Waals surface area contributed by atoms with Crippen LogP contribution in [0.25, 0.3) is 0 Å². The topological polar surface area (TPSA) is 37.3 Å². The van der Waals surface area contributed by atoms with E-state index in [1.54, 1.807) is 20.8 Å². The fourth-order valence-electron chi connectivity index (χ4n) is 0.204. The molecular weight excluding hydrogens is 205 g/mol. The fourth-order valence-corrected chi connectivity index (χ4v) is 0.204. The Hall–Kier alpha value is 0.0934. The molecule has 0 bridgehead atoms. The minimum atomic E-state index is -0.757. The summed E-state index contributed by atoms with van der Waals surface area (Å²) in [5, 5.41) is 8.25. The van der Waals surface area contributed by atoms with E-state index >= 15 is 0 Å². The molecule has 0 aliphatic heterocycles. The molecule has 0 unspecified atom stereocenters. The Bertz CT molecular complexity index is 119. The first-order valence-corrected chi connectivity index (χ1v) is 3.99. The Balaban J connectivity index is 0. The Morgan fingerprint density at radius 2 is 1.50 bits per heavy atom. The number of carboxylic acids is 1. The number of aliphatic carboxylic acids is 1. The van der Waals surface area contributed by atoms with Crippen molar-refractivity contribution in [3.8, 4) is 0 Å². The number of carboxylic acid groups (broad SMARTS) is 1. The van der Waals surface area contributed by atoms with Crippen LogP contribution in [0, 0.1) is 11.8 Å². The zero-order valence-corrected chi connectivity index (χ0v) is 11.2. The van der Waals surface area contributed by atoms with Crippen molar-refractivity contribution in [3.63, 3.8) is 0 Å². The second-order valence-corrected chi connectivity index (χ2v) is 3.77. The van der Waals surface area contributed by atoms with E-state index in [9.17, 15) is 4.79 Å². The van der Waals surface area contributed by atoms with Crippen LogP contribution in [0.5, 0.6) is 0 Å². The molecule has 0 heterocycles. The second-order valence-electron chi connectivity index (χ2n) is 3.77. The molecule has 1 N–H and O–H groups in total. The van der Waals surface area contributed by atoms with Crippen LogP contribution in [0.15, 0.2) is 0 Å². The van der Waals surface area contributed by atoms with Gasteiger partial charge in [-0.1, -0.05) is 0 Å². The zero-order chi connectivity index (χ0) is 8.91. The SMILES string of the molecule is CC(C)(C)C(=O)O.[CH-]1CCC1.[Zn]. The maximum Gasteiger partial charge on any atom is 0.308 e. The van der Waals surface area contributed by atoms with Gasteiger partial charge in [0.15, 0.2) is 0 Å². The predicted octanol–water partition coefficient (Wildman–Crippen LogP) is 2.49. The molecule has 12 heavy (non-hydrogen) atoms. The normalized spacial score (nSPS) is 14.6. The van der Waals surface area contributed by atoms with E-state index in [1.807, 2.05) is 0 Å². The Kier molecular flexibility index (Phi) is 8.03. The van der Waals surface area contributed by atoms with Crippen LogP contribution in [-0.2, 0) is 24.3 Å². The molecule has 2 nitrogen and oxygen atoms in total. The maximum absolute atomic E-state index is 10.0. The molecule has 0 aromatic rings. The van der Waals surface area contributed by atoms with Crippen LogP contribution in [0.3, 0.4) is 0 Å². The minimum Gasteiger partial charge on any atom is -0.481 e. The Morgan fingerprint density at radius 3 is 1.50 bits per heavy atom. The maximum atomic E-state index is 10.0. The molecule has 0 radical (unpaired) electrons. The summed E-state index contributed by atoms with van der Waals surface area (Å²) in [5.41, 5.74) is -0.583. The van der Waals surface area contributed by atoms with E-state index in [0.29, 0.717) is 0 Å². The van der Waals surface area contributed by atoms with Gasteiger partial charge in [0, 0.05) is 19.5 Å². The van der Waals surface area contributed by atoms with E-state index < -0.39 is 11.4 Å². The molecule has 1 fully saturated rings. The van der Waals surface area contributed by atoms with Gasteiger partial charge >= 0.3 is 5.97 Å². The van der Waals surface area contributed by atoms with Crippen molar-refractivity contribution in [3.05, 3.63) is 6.42 Å². The summed E-state index contributed by atoms with van der Waals surface area (Å²) in [6, 6.07) is 0. The molecule has 1 saturated carbocycles. The van der Waals surface area contributed by atoms with Gasteiger partial charge in [-0.15, -0.1) is 6.42 Å². The molecule has 0 spiro atoms. The molecule has 1 aliphatic carbocycles. The molecule has 0 saturated heterocycles. The number of rotatable bonds is 0. The van der Waals surface area contributed by atoms with E-state index in [1.165, 1.54) is 19.3 Å². The summed E-state index contributed by atoms with van der Waals surface area (Å²) in [5.74, 6) is -0.757. The standard InChI is InChI=1S/C5H10O2.C4H7.Zn/c1-5(2,3)4(6)7;1-2-4-3-1;/h1-3H3,(H,6,7);1H,2-4H2;/q;-1;. The van der Waals surface area contributed by atoms with Gasteiger partial charge < -0.3 is 11.5 Å². The first kappa shape index (κ1) is 14.6. The van der Waals surface area contributed by atoms with Gasteiger partial charge in [-0.2, -0.15) is 12.8 Å². The van der Waals surface area contributed by atoms with Crippen LogP contribution in [0.1, 0.15) is 40.0 Å². The van der Waals surface area contributed by atoms with Crippen molar-refractivity contribution in [1.29, 1.82) is 0 Å². The number of hydrogen-bond donors (Lipinski definition) is 1. The van der Waals surface area contributed by atoms with Crippen LogP contribution >= 0.6 is 0 Å². The smallest absolute Gasteiger partial charge is 0.308 e. The first-order chi connectivity index (χ1) is 4.94. The Labute approximate surface area is 87.5 Å². The molecule has 0 aromatic heterocycles. The average molecular weight is 223 g/mol. The van der Waals surface area contributed by atoms with Gasteiger partial charge in [-0.05, 0) is 20.8 Å². The van der Waals surface area contributed by atoms with Crippen LogP contribution < -0.4 is 0 Å². The van der Waals surface area contributed by atoms with Gasteiger partial charge in [0.2, 0.25) is 0 Å². The molecule has 1 rings (SSSR count). The summed E-state index contributed by atoms with van der Waals surface area (Å²) < 4.78 is 0. The zero-order valence-electron chi connectivity index (χ0n) is 8.26. The van der Waals surface area contributed by atoms with E-state index in [-0.39, 0.29) is 19.5 Å². The third-order valence-electron chi connectivity index (χ3n) is 1.46. The number of hydrogen-bond acceptors (Lipinski definition) is 1. The first-order valence-electron chi connectivity index (χ1n) is 3.99. The molecule has 0 aromatic carbocycles. The second kappa shape index (κ2) is 6.59. The van der Waals surface area contributed by atoms with Crippen molar-refractivity contribution in [1.82, 2.24) is 0 Å². The quantitative estimate of drug-likeness (QED) is 0.505. The van der Waals surface area contributed by atoms with Crippen molar-refractivity contribution >= 4 is 5.97 Å². The molecule has 68 valence electrons. The van der Waals surface area contributed by atoms with Crippen molar-refractivity contribution < 1.29 is 29.4 Å². The van der Waals surface area contributed by atoms with Crippen LogP contribution in [0.2, 0.25) is 0 Å². The van der Waals surface area contributed by atoms with Gasteiger partial charge in [-0.25, -0.2) is 0 Å². The molecule has 1 aliphatic rings. The van der Waals surface area contributed by atoms with E-state index in [2.05, 4.69) is 6.42 Å². The third kappa shape index (κ3) is 8.19. The summed E-state index contributed by atoms with van der Waals surface area (Å²) in [7, 11) is 0. The van der Waals surface area contributed by atoms with E-state index in [0.717, 1.165) is 0 Å². The monoisotopic (exact) mass is 221 g/mol. The molecular formula is C9H17O2Zn-. The molecule has 0 amide bonds. The van der Waals surface area contributed by atoms with Crippen molar-refractivity contribution in [2.45, 2.75) is 40.0 Å². The molecule has 3 heteroatoms. The Morgan fingerprint density at radius 1 is 1.33 bits per heavy atom. The minimum absolute atomic E-state index is 0. The average Bonchev–Trinajstić information content (AvgIpc) is 1.55. The summed E-state index contributed by atoms with van der Waals surface area (Å²) in [6.45, 7) is 4.99. The van der Waals surface area contributed by atoms with Gasteiger partial charge in [0.1, 0.15) is 0 Å². The molecule has 0 atom stereocenters. The van der Waals surface area contributed by atoms with E-state index in [4.69, 9.17) is 5.11 Å². The summed E-state index contributed by atoms with van der Waals surface area (Å²) >= 11 is 0. The third-order valence-corrected chi connectivity index (χ3v) is 1.46. The van der Waals surface area contributed by atoms with Crippen LogP contribution in [0.4, 0.5) is 0 Å². The van der Waals surface area contributed by atoms with Gasteiger partial charge in [-0.3, -0.25) is 4.79 Å². The van der Waals surface area contributed by atoms with Gasteiger partial charge in [0.05, 0.1) is 5.41 Å². The summed E-state index contributed by atoms with van der Waals surface area (Å²) in [4.78, 5) is 10.0. The van der Waals surface area contributed by atoms with Gasteiger partial charge in [0.25, 0.3) is 0 Å². The van der Waals surface area contributed by atoms with Crippen LogP contribution in [-0.4, -0.2) is 11.1 Å². The fraction of sp³-hybridized carbons (Fsp3) is 0.778. The number of carbonyl (C=O) groups is 1. The predicted molar refractivity (Wildman–Crippen MR) is 45.2 cm³/mol. The summed E-state index contributed by atoms with van der Waals surface area (Å²) in [6.07, 6.45) is 6.50. The van der Waals surface area contributed by atoms with Crippen molar-refractivity contribution in [2.24, 2.45) is 5.41 Å².